The second-order valence-electron chi connectivity index (χ2n) is 10.9. The van der Waals surface area contributed by atoms with Gasteiger partial charge in [0.15, 0.2) is 9.84 Å². The van der Waals surface area contributed by atoms with E-state index in [4.69, 9.17) is 27.1 Å². The maximum Gasteiger partial charge on any atom is 0.280 e. The molecule has 1 aromatic heterocycles. The van der Waals surface area contributed by atoms with E-state index in [1.165, 1.54) is 37.1 Å². The summed E-state index contributed by atoms with van der Waals surface area (Å²) in [6.07, 6.45) is 4.85. The fraction of sp³-hybridized carbons (Fsp3) is 0.303. The average Bonchev–Trinajstić information content (AvgIpc) is 3.44. The molecule has 4 aromatic rings. The van der Waals surface area contributed by atoms with Crippen molar-refractivity contribution in [2.75, 3.05) is 5.75 Å². The Morgan fingerprint density at radius 1 is 1.00 bits per heavy atom. The van der Waals surface area contributed by atoms with Gasteiger partial charge in [0.2, 0.25) is 0 Å². The molecule has 1 unspecified atom stereocenters. The van der Waals surface area contributed by atoms with E-state index in [0.717, 1.165) is 29.0 Å². The van der Waals surface area contributed by atoms with Crippen LogP contribution in [-0.2, 0) is 33.9 Å². The molecule has 3 N–H and O–H groups in total. The van der Waals surface area contributed by atoms with E-state index >= 15 is 0 Å². The van der Waals surface area contributed by atoms with Crippen LogP contribution in [0.15, 0.2) is 83.1 Å². The topological polar surface area (TPSA) is 128 Å². The van der Waals surface area contributed by atoms with E-state index in [0.29, 0.717) is 35.1 Å². The first-order valence-corrected chi connectivity index (χ1v) is 17.4. The summed E-state index contributed by atoms with van der Waals surface area (Å²) in [5.74, 6) is -0.364. The van der Waals surface area contributed by atoms with Gasteiger partial charge in [0.05, 0.1) is 21.3 Å². The molecular weight excluding hydrogens is 618 g/mol. The molecule has 8 nitrogen and oxygen atoms in total. The molecular formula is C33H34ClN3O5S2. The Morgan fingerprint density at radius 3 is 2.43 bits per heavy atom. The van der Waals surface area contributed by atoms with Gasteiger partial charge in [-0.3, -0.25) is 9.59 Å². The number of halogens is 1. The number of carbonyl (C=O) groups excluding carboxylic acids is 2. The summed E-state index contributed by atoms with van der Waals surface area (Å²) in [6, 6.07) is 20.2. The van der Waals surface area contributed by atoms with Crippen LogP contribution in [0.25, 0.3) is 0 Å². The number of primary amides is 1. The van der Waals surface area contributed by atoms with Gasteiger partial charge in [-0.2, -0.15) is 0 Å². The third-order valence-electron chi connectivity index (χ3n) is 7.66. The third kappa shape index (κ3) is 8.46. The van der Waals surface area contributed by atoms with Crippen molar-refractivity contribution in [3.8, 4) is 5.75 Å². The number of aryl methyl sites for hydroxylation is 3. The number of thiazole rings is 1. The highest BCUT2D eigenvalue weighted by atomic mass is 35.5. The minimum atomic E-state index is -3.41. The second kappa shape index (κ2) is 14.4. The third-order valence-corrected chi connectivity index (χ3v) is 10.7. The van der Waals surface area contributed by atoms with E-state index in [-0.39, 0.29) is 10.6 Å². The molecule has 1 aliphatic carbocycles. The highest BCUT2D eigenvalue weighted by molar-refractivity contribution is 7.91. The highest BCUT2D eigenvalue weighted by Crippen LogP contribution is 2.36. The lowest BCUT2D eigenvalue weighted by molar-refractivity contribution is -0.125. The first-order valence-electron chi connectivity index (χ1n) is 14.5. The van der Waals surface area contributed by atoms with Crippen molar-refractivity contribution in [1.82, 2.24) is 10.3 Å². The fourth-order valence-corrected chi connectivity index (χ4v) is 7.23. The molecule has 2 amide bonds. The number of nitrogens with zero attached hydrogens (tertiary/aromatic N) is 1. The summed E-state index contributed by atoms with van der Waals surface area (Å²) < 4.78 is 30.8. The number of carbonyl (C=O) groups is 2. The summed E-state index contributed by atoms with van der Waals surface area (Å²) >= 11 is 7.54. The van der Waals surface area contributed by atoms with Gasteiger partial charge in [-0.05, 0) is 91.8 Å². The van der Waals surface area contributed by atoms with E-state index in [1.54, 1.807) is 59.9 Å². The van der Waals surface area contributed by atoms with Gasteiger partial charge in [-0.25, -0.2) is 13.4 Å². The standard InChI is InChI=1S/C33H34ClN3O5S2/c34-26-12-16-28(17-13-26)44(40,41)19-3-5-22-9-14-27(15-10-22)42-33(31(35)38)37-32(39)25-8-1-4-23(20-25)11-18-30-36-29(21-43-30)24-6-2-7-24/h1,4,8-10,12-17,20-21,24,33H,2-3,5-7,11,18-19H2,(H2,35,38)(H,37,39). The van der Waals surface area contributed by atoms with Crippen molar-refractivity contribution < 1.29 is 22.7 Å². The van der Waals surface area contributed by atoms with Crippen molar-refractivity contribution >= 4 is 44.6 Å². The van der Waals surface area contributed by atoms with Crippen molar-refractivity contribution in [3.05, 3.63) is 111 Å². The first-order chi connectivity index (χ1) is 21.2. The van der Waals surface area contributed by atoms with Crippen LogP contribution in [0.5, 0.6) is 5.75 Å². The fourth-order valence-electron chi connectivity index (χ4n) is 4.91. The van der Waals surface area contributed by atoms with Crippen LogP contribution >= 0.6 is 22.9 Å². The van der Waals surface area contributed by atoms with E-state index in [9.17, 15) is 18.0 Å². The summed E-state index contributed by atoms with van der Waals surface area (Å²) in [6.45, 7) is 0. The smallest absolute Gasteiger partial charge is 0.280 e. The predicted octanol–water partition coefficient (Wildman–Crippen LogP) is 5.88. The minimum Gasteiger partial charge on any atom is -0.461 e. The predicted molar refractivity (Wildman–Crippen MR) is 172 cm³/mol. The molecule has 1 fully saturated rings. The number of benzene rings is 3. The summed E-state index contributed by atoms with van der Waals surface area (Å²) in [7, 11) is -3.41. The number of rotatable bonds is 14. The lowest BCUT2D eigenvalue weighted by atomic mass is 9.83. The largest absolute Gasteiger partial charge is 0.461 e. The van der Waals surface area contributed by atoms with Gasteiger partial charge in [0.25, 0.3) is 18.0 Å². The molecule has 0 bridgehead atoms. The molecule has 1 heterocycles. The Balaban J connectivity index is 1.12. The van der Waals surface area contributed by atoms with Crippen LogP contribution in [0.4, 0.5) is 0 Å². The molecule has 44 heavy (non-hydrogen) atoms. The Hall–Kier alpha value is -3.73. The molecule has 11 heteroatoms. The monoisotopic (exact) mass is 651 g/mol. The summed E-state index contributed by atoms with van der Waals surface area (Å²) in [5, 5.41) is 6.31. The van der Waals surface area contributed by atoms with Crippen LogP contribution in [0.3, 0.4) is 0 Å². The molecule has 1 atom stereocenters. The Morgan fingerprint density at radius 2 is 1.75 bits per heavy atom. The average molecular weight is 652 g/mol. The number of ether oxygens (including phenoxy) is 1. The van der Waals surface area contributed by atoms with E-state index < -0.39 is 27.9 Å². The first kappa shape index (κ1) is 31.7. The van der Waals surface area contributed by atoms with Gasteiger partial charge >= 0.3 is 0 Å². The number of aromatic nitrogens is 1. The van der Waals surface area contributed by atoms with Crippen LogP contribution in [0.2, 0.25) is 5.02 Å². The number of hydrogen-bond donors (Lipinski definition) is 2. The quantitative estimate of drug-likeness (QED) is 0.164. The normalized spacial score (nSPS) is 14.0. The van der Waals surface area contributed by atoms with Crippen LogP contribution in [0, 0.1) is 0 Å². The molecule has 0 saturated heterocycles. The molecule has 1 saturated carbocycles. The van der Waals surface area contributed by atoms with Crippen molar-refractivity contribution in [2.24, 2.45) is 5.73 Å². The number of amides is 2. The molecule has 230 valence electrons. The van der Waals surface area contributed by atoms with Gasteiger partial charge in [0, 0.05) is 28.3 Å². The number of nitrogens with two attached hydrogens (primary N) is 1. The lowest BCUT2D eigenvalue weighted by Crippen LogP contribution is -2.48. The van der Waals surface area contributed by atoms with Gasteiger partial charge < -0.3 is 15.8 Å². The van der Waals surface area contributed by atoms with Crippen molar-refractivity contribution in [3.63, 3.8) is 0 Å². The lowest BCUT2D eigenvalue weighted by Gasteiger charge is -2.22. The van der Waals surface area contributed by atoms with E-state index in [2.05, 4.69) is 10.7 Å². The maximum atomic E-state index is 13.0. The molecule has 3 aromatic carbocycles. The van der Waals surface area contributed by atoms with Crippen LogP contribution in [-0.4, -0.2) is 37.2 Å². The van der Waals surface area contributed by atoms with Gasteiger partial charge in [-0.1, -0.05) is 42.3 Å². The van der Waals surface area contributed by atoms with Crippen molar-refractivity contribution in [2.45, 2.75) is 62.0 Å². The number of nitrogens with one attached hydrogen (secondary N) is 1. The zero-order chi connectivity index (χ0) is 31.1. The molecule has 0 aliphatic heterocycles. The Labute approximate surface area is 266 Å². The van der Waals surface area contributed by atoms with E-state index in [1.807, 2.05) is 12.1 Å². The molecule has 5 rings (SSSR count). The summed E-state index contributed by atoms with van der Waals surface area (Å²) in [5.41, 5.74) is 9.03. The van der Waals surface area contributed by atoms with Crippen LogP contribution in [0.1, 0.15) is 63.8 Å². The molecule has 0 spiro atoms. The highest BCUT2D eigenvalue weighted by Gasteiger charge is 2.23. The van der Waals surface area contributed by atoms with Gasteiger partial charge in [-0.15, -0.1) is 11.3 Å². The number of sulfone groups is 1. The zero-order valence-corrected chi connectivity index (χ0v) is 26.5. The Bertz CT molecular complexity index is 1700. The SMILES string of the molecule is NC(=O)C(NC(=O)c1cccc(CCc2nc(C3CCC3)cs2)c1)Oc1ccc(CCCS(=O)(=O)c2ccc(Cl)cc2)cc1. The Kier molecular flexibility index (Phi) is 10.3. The van der Waals surface area contributed by atoms with Crippen LogP contribution < -0.4 is 15.8 Å². The molecule has 0 radical (unpaired) electrons. The minimum absolute atomic E-state index is 0.00383. The second-order valence-corrected chi connectivity index (χ2v) is 14.4. The summed E-state index contributed by atoms with van der Waals surface area (Å²) in [4.78, 5) is 30.2. The van der Waals surface area contributed by atoms with Gasteiger partial charge in [0.1, 0.15) is 5.75 Å². The number of hydrogen-bond acceptors (Lipinski definition) is 7. The zero-order valence-electron chi connectivity index (χ0n) is 24.1. The maximum absolute atomic E-state index is 13.0. The molecule has 1 aliphatic rings. The van der Waals surface area contributed by atoms with Crippen molar-refractivity contribution in [1.29, 1.82) is 0 Å².